The van der Waals surface area contributed by atoms with Crippen LogP contribution in [0.2, 0.25) is 0 Å². The Balaban J connectivity index is 1.94. The van der Waals surface area contributed by atoms with Gasteiger partial charge in [0.15, 0.2) is 0 Å². The summed E-state index contributed by atoms with van der Waals surface area (Å²) in [6, 6.07) is 0.744. The number of hydrogen-bond acceptors (Lipinski definition) is 2. The molecule has 2 rings (SSSR count). The average molecular weight is 280 g/mol. The summed E-state index contributed by atoms with van der Waals surface area (Å²) in [5.41, 5.74) is 0. The molecular formula is C18H36N2. The number of hydrogen-bond donors (Lipinski definition) is 1. The van der Waals surface area contributed by atoms with Gasteiger partial charge in [0.25, 0.3) is 0 Å². The Bertz CT molecular complexity index is 291. The number of likely N-dealkylation sites (tertiary alicyclic amines) is 1. The molecule has 1 saturated heterocycles. The zero-order chi connectivity index (χ0) is 14.7. The highest BCUT2D eigenvalue weighted by Gasteiger charge is 2.35. The van der Waals surface area contributed by atoms with Crippen molar-refractivity contribution in [3.8, 4) is 0 Å². The molecule has 6 atom stereocenters. The largest absolute Gasteiger partial charge is 0.314 e. The van der Waals surface area contributed by atoms with Gasteiger partial charge in [-0.15, -0.1) is 0 Å². The molecule has 2 nitrogen and oxygen atoms in total. The molecule has 1 heterocycles. The molecule has 0 aromatic heterocycles. The molecule has 1 saturated carbocycles. The predicted octanol–water partition coefficient (Wildman–Crippen LogP) is 3.62. The molecule has 1 aliphatic heterocycles. The first-order valence-corrected chi connectivity index (χ1v) is 8.97. The van der Waals surface area contributed by atoms with Gasteiger partial charge in [0.05, 0.1) is 0 Å². The molecule has 2 heteroatoms. The predicted molar refractivity (Wildman–Crippen MR) is 87.9 cm³/mol. The standard InChI is InChI=1S/C18H36N2/c1-6-19-18-10-13(2)9-15(4)17(18)12-20-8-7-14(3)16(5)11-20/h13-19H,6-12H2,1-5H3. The molecular weight excluding hydrogens is 244 g/mol. The van der Waals surface area contributed by atoms with E-state index in [1.165, 1.54) is 38.9 Å². The fraction of sp³-hybridized carbons (Fsp3) is 1.00. The second-order valence-corrected chi connectivity index (χ2v) is 7.88. The van der Waals surface area contributed by atoms with Crippen molar-refractivity contribution in [3.63, 3.8) is 0 Å². The van der Waals surface area contributed by atoms with Crippen LogP contribution in [0.3, 0.4) is 0 Å². The molecule has 0 amide bonds. The zero-order valence-electron chi connectivity index (χ0n) is 14.4. The van der Waals surface area contributed by atoms with Crippen LogP contribution in [0.25, 0.3) is 0 Å². The normalized spacial score (nSPS) is 43.6. The van der Waals surface area contributed by atoms with E-state index in [4.69, 9.17) is 0 Å². The van der Waals surface area contributed by atoms with E-state index in [0.29, 0.717) is 0 Å². The summed E-state index contributed by atoms with van der Waals surface area (Å²) in [6.07, 6.45) is 4.19. The van der Waals surface area contributed by atoms with Crippen LogP contribution in [-0.2, 0) is 0 Å². The van der Waals surface area contributed by atoms with Gasteiger partial charge in [-0.2, -0.15) is 0 Å². The number of nitrogens with zero attached hydrogens (tertiary/aromatic N) is 1. The summed E-state index contributed by atoms with van der Waals surface area (Å²) in [4.78, 5) is 2.76. The molecule has 2 aliphatic rings. The summed E-state index contributed by atoms with van der Waals surface area (Å²) in [5, 5.41) is 3.78. The van der Waals surface area contributed by atoms with Gasteiger partial charge in [-0.25, -0.2) is 0 Å². The maximum Gasteiger partial charge on any atom is 0.0112 e. The second kappa shape index (κ2) is 7.26. The lowest BCUT2D eigenvalue weighted by Gasteiger charge is -2.44. The molecule has 0 radical (unpaired) electrons. The molecule has 2 fully saturated rings. The van der Waals surface area contributed by atoms with Gasteiger partial charge in [-0.1, -0.05) is 34.6 Å². The van der Waals surface area contributed by atoms with Crippen LogP contribution < -0.4 is 5.32 Å². The van der Waals surface area contributed by atoms with Crippen LogP contribution in [0.5, 0.6) is 0 Å². The molecule has 0 aromatic rings. The minimum absolute atomic E-state index is 0.744. The van der Waals surface area contributed by atoms with Crippen molar-refractivity contribution in [1.82, 2.24) is 10.2 Å². The van der Waals surface area contributed by atoms with Gasteiger partial charge >= 0.3 is 0 Å². The maximum atomic E-state index is 3.78. The second-order valence-electron chi connectivity index (χ2n) is 7.88. The van der Waals surface area contributed by atoms with Crippen molar-refractivity contribution in [2.24, 2.45) is 29.6 Å². The summed E-state index contributed by atoms with van der Waals surface area (Å²) in [7, 11) is 0. The fourth-order valence-corrected chi connectivity index (χ4v) is 4.53. The minimum atomic E-state index is 0.744. The SMILES string of the molecule is CCNC1CC(C)CC(C)C1CN1CCC(C)C(C)C1. The van der Waals surface area contributed by atoms with Crippen LogP contribution in [0, 0.1) is 29.6 Å². The average Bonchev–Trinajstić information content (AvgIpc) is 2.38. The number of piperidine rings is 1. The number of rotatable bonds is 4. The highest BCUT2D eigenvalue weighted by atomic mass is 15.1. The molecule has 0 aromatic carbocycles. The van der Waals surface area contributed by atoms with Gasteiger partial charge in [0, 0.05) is 19.1 Å². The third-order valence-corrected chi connectivity index (χ3v) is 6.03. The van der Waals surface area contributed by atoms with E-state index in [2.05, 4.69) is 44.8 Å². The first kappa shape index (κ1) is 16.3. The Morgan fingerprint density at radius 3 is 2.40 bits per heavy atom. The van der Waals surface area contributed by atoms with E-state index in [0.717, 1.165) is 42.2 Å². The van der Waals surface area contributed by atoms with Gasteiger partial charge in [0.1, 0.15) is 0 Å². The summed E-state index contributed by atoms with van der Waals surface area (Å²) >= 11 is 0. The van der Waals surface area contributed by atoms with Crippen molar-refractivity contribution in [2.75, 3.05) is 26.2 Å². The van der Waals surface area contributed by atoms with Crippen molar-refractivity contribution >= 4 is 0 Å². The van der Waals surface area contributed by atoms with Crippen molar-refractivity contribution in [3.05, 3.63) is 0 Å². The Labute approximate surface area is 126 Å². The van der Waals surface area contributed by atoms with E-state index in [1.54, 1.807) is 0 Å². The summed E-state index contributed by atoms with van der Waals surface area (Å²) < 4.78 is 0. The lowest BCUT2D eigenvalue weighted by Crippen LogP contribution is -2.51. The lowest BCUT2D eigenvalue weighted by molar-refractivity contribution is 0.0665. The molecule has 20 heavy (non-hydrogen) atoms. The van der Waals surface area contributed by atoms with Crippen LogP contribution in [0.1, 0.15) is 53.9 Å². The van der Waals surface area contributed by atoms with E-state index in [-0.39, 0.29) is 0 Å². The lowest BCUT2D eigenvalue weighted by atomic mass is 9.72. The third-order valence-electron chi connectivity index (χ3n) is 6.03. The zero-order valence-corrected chi connectivity index (χ0v) is 14.4. The molecule has 6 unspecified atom stereocenters. The minimum Gasteiger partial charge on any atom is -0.314 e. The van der Waals surface area contributed by atoms with Gasteiger partial charge in [-0.3, -0.25) is 0 Å². The Morgan fingerprint density at radius 1 is 1.00 bits per heavy atom. The Hall–Kier alpha value is -0.0800. The van der Waals surface area contributed by atoms with E-state index < -0.39 is 0 Å². The first-order valence-electron chi connectivity index (χ1n) is 8.97. The molecule has 0 bridgehead atoms. The Kier molecular flexibility index (Phi) is 5.92. The molecule has 1 N–H and O–H groups in total. The smallest absolute Gasteiger partial charge is 0.0112 e. The topological polar surface area (TPSA) is 15.3 Å². The summed E-state index contributed by atoms with van der Waals surface area (Å²) in [6.45, 7) is 17.1. The maximum absolute atomic E-state index is 3.78. The Morgan fingerprint density at radius 2 is 1.75 bits per heavy atom. The van der Waals surface area contributed by atoms with Crippen LogP contribution in [0.4, 0.5) is 0 Å². The third kappa shape index (κ3) is 3.98. The number of nitrogens with one attached hydrogen (secondary N) is 1. The quantitative estimate of drug-likeness (QED) is 0.846. The van der Waals surface area contributed by atoms with Gasteiger partial charge in [-0.05, 0) is 61.9 Å². The van der Waals surface area contributed by atoms with Crippen molar-refractivity contribution in [2.45, 2.75) is 59.9 Å². The van der Waals surface area contributed by atoms with E-state index >= 15 is 0 Å². The fourth-order valence-electron chi connectivity index (χ4n) is 4.53. The van der Waals surface area contributed by atoms with E-state index in [1.807, 2.05) is 0 Å². The molecule has 118 valence electrons. The molecule has 1 aliphatic carbocycles. The monoisotopic (exact) mass is 280 g/mol. The van der Waals surface area contributed by atoms with Gasteiger partial charge < -0.3 is 10.2 Å². The highest BCUT2D eigenvalue weighted by molar-refractivity contribution is 4.90. The van der Waals surface area contributed by atoms with Crippen LogP contribution in [-0.4, -0.2) is 37.1 Å². The molecule has 0 spiro atoms. The van der Waals surface area contributed by atoms with Crippen molar-refractivity contribution in [1.29, 1.82) is 0 Å². The highest BCUT2D eigenvalue weighted by Crippen LogP contribution is 2.35. The van der Waals surface area contributed by atoms with Crippen LogP contribution >= 0.6 is 0 Å². The van der Waals surface area contributed by atoms with Gasteiger partial charge in [0.2, 0.25) is 0 Å². The summed E-state index contributed by atoms with van der Waals surface area (Å²) in [5.74, 6) is 4.41. The van der Waals surface area contributed by atoms with Crippen LogP contribution in [0.15, 0.2) is 0 Å². The van der Waals surface area contributed by atoms with Crippen molar-refractivity contribution < 1.29 is 0 Å². The first-order chi connectivity index (χ1) is 9.51. The van der Waals surface area contributed by atoms with E-state index in [9.17, 15) is 0 Å².